The maximum absolute atomic E-state index is 4.75. The van der Waals surface area contributed by atoms with Gasteiger partial charge in [0.25, 0.3) is 0 Å². The van der Waals surface area contributed by atoms with Crippen molar-refractivity contribution in [2.45, 2.75) is 44.1 Å². The third-order valence-corrected chi connectivity index (χ3v) is 3.48. The lowest BCUT2D eigenvalue weighted by molar-refractivity contribution is 0.478. The zero-order chi connectivity index (χ0) is 10.3. The average molecular weight is 203 g/mol. The molecule has 0 aromatic carbocycles. The summed E-state index contributed by atoms with van der Waals surface area (Å²) in [5, 5.41) is 3.36. The molecule has 1 heterocycles. The standard InChI is InChI=1S/C12H17N3/c1-13-10-4-2-3-9-7-14-12(8-5-6-8)15-11(9)10/h7-8,10,13H,2-6H2,1H3. The van der Waals surface area contributed by atoms with Gasteiger partial charge in [-0.2, -0.15) is 0 Å². The molecule has 1 fully saturated rings. The lowest BCUT2D eigenvalue weighted by Crippen LogP contribution is -2.23. The maximum atomic E-state index is 4.75. The van der Waals surface area contributed by atoms with Gasteiger partial charge in [0.15, 0.2) is 0 Å². The molecule has 1 aromatic rings. The molecule has 1 atom stereocenters. The van der Waals surface area contributed by atoms with E-state index in [1.165, 1.54) is 36.9 Å². The van der Waals surface area contributed by atoms with Gasteiger partial charge in [0.1, 0.15) is 5.82 Å². The van der Waals surface area contributed by atoms with Gasteiger partial charge < -0.3 is 5.32 Å². The van der Waals surface area contributed by atoms with Crippen molar-refractivity contribution in [1.29, 1.82) is 0 Å². The van der Waals surface area contributed by atoms with Gasteiger partial charge in [-0.15, -0.1) is 0 Å². The number of nitrogens with one attached hydrogen (secondary N) is 1. The van der Waals surface area contributed by atoms with Crippen molar-refractivity contribution in [3.8, 4) is 0 Å². The van der Waals surface area contributed by atoms with E-state index in [2.05, 4.69) is 16.5 Å². The summed E-state index contributed by atoms with van der Waals surface area (Å²) >= 11 is 0. The monoisotopic (exact) mass is 203 g/mol. The van der Waals surface area contributed by atoms with Gasteiger partial charge in [-0.3, -0.25) is 0 Å². The molecule has 1 aromatic heterocycles. The predicted molar refractivity (Wildman–Crippen MR) is 58.7 cm³/mol. The lowest BCUT2D eigenvalue weighted by Gasteiger charge is -2.23. The molecule has 1 saturated carbocycles. The second kappa shape index (κ2) is 3.56. The highest BCUT2D eigenvalue weighted by atomic mass is 15.0. The number of rotatable bonds is 2. The van der Waals surface area contributed by atoms with Crippen molar-refractivity contribution in [3.05, 3.63) is 23.3 Å². The Balaban J connectivity index is 1.98. The fourth-order valence-corrected chi connectivity index (χ4v) is 2.38. The molecular formula is C12H17N3. The van der Waals surface area contributed by atoms with Crippen LogP contribution in [0.3, 0.4) is 0 Å². The Morgan fingerprint density at radius 3 is 2.93 bits per heavy atom. The Hall–Kier alpha value is -0.960. The molecule has 3 rings (SSSR count). The second-order valence-electron chi connectivity index (χ2n) is 4.65. The van der Waals surface area contributed by atoms with E-state index in [-0.39, 0.29) is 0 Å². The van der Waals surface area contributed by atoms with Crippen molar-refractivity contribution >= 4 is 0 Å². The summed E-state index contributed by atoms with van der Waals surface area (Å²) in [5.74, 6) is 1.74. The van der Waals surface area contributed by atoms with Crippen molar-refractivity contribution in [1.82, 2.24) is 15.3 Å². The van der Waals surface area contributed by atoms with E-state index in [9.17, 15) is 0 Å². The minimum absolute atomic E-state index is 0.453. The first-order valence-corrected chi connectivity index (χ1v) is 5.91. The van der Waals surface area contributed by atoms with Gasteiger partial charge in [-0.05, 0) is 44.7 Å². The van der Waals surface area contributed by atoms with Crippen molar-refractivity contribution in [2.75, 3.05) is 7.05 Å². The first-order valence-electron chi connectivity index (χ1n) is 5.91. The van der Waals surface area contributed by atoms with E-state index in [0.717, 1.165) is 12.2 Å². The molecule has 0 aliphatic heterocycles. The number of fused-ring (bicyclic) bond motifs is 1. The third kappa shape index (κ3) is 1.65. The highest BCUT2D eigenvalue weighted by Crippen LogP contribution is 2.39. The fraction of sp³-hybridized carbons (Fsp3) is 0.667. The topological polar surface area (TPSA) is 37.8 Å². The van der Waals surface area contributed by atoms with E-state index in [0.29, 0.717) is 12.0 Å². The van der Waals surface area contributed by atoms with Crippen molar-refractivity contribution in [3.63, 3.8) is 0 Å². The molecule has 0 spiro atoms. The summed E-state index contributed by atoms with van der Waals surface area (Å²) in [6.07, 6.45) is 8.24. The van der Waals surface area contributed by atoms with Crippen LogP contribution < -0.4 is 5.32 Å². The van der Waals surface area contributed by atoms with Gasteiger partial charge in [0, 0.05) is 18.2 Å². The molecule has 0 saturated heterocycles. The van der Waals surface area contributed by atoms with E-state index < -0.39 is 0 Å². The van der Waals surface area contributed by atoms with Crippen LogP contribution in [0.2, 0.25) is 0 Å². The van der Waals surface area contributed by atoms with Crippen LogP contribution in [0.5, 0.6) is 0 Å². The Morgan fingerprint density at radius 1 is 1.33 bits per heavy atom. The maximum Gasteiger partial charge on any atom is 0.131 e. The zero-order valence-electron chi connectivity index (χ0n) is 9.16. The normalized spacial score (nSPS) is 25.0. The molecule has 2 aliphatic carbocycles. The molecule has 0 radical (unpaired) electrons. The molecule has 0 bridgehead atoms. The molecule has 2 aliphatic rings. The smallest absolute Gasteiger partial charge is 0.131 e. The second-order valence-corrected chi connectivity index (χ2v) is 4.65. The van der Waals surface area contributed by atoms with E-state index >= 15 is 0 Å². The minimum Gasteiger partial charge on any atom is -0.312 e. The first kappa shape index (κ1) is 9.28. The van der Waals surface area contributed by atoms with E-state index in [1.54, 1.807) is 0 Å². The molecule has 3 heteroatoms. The zero-order valence-corrected chi connectivity index (χ0v) is 9.16. The van der Waals surface area contributed by atoms with Crippen LogP contribution in [0.4, 0.5) is 0 Å². The molecular weight excluding hydrogens is 186 g/mol. The summed E-state index contributed by atoms with van der Waals surface area (Å²) in [7, 11) is 2.03. The quantitative estimate of drug-likeness (QED) is 0.798. The highest BCUT2D eigenvalue weighted by molar-refractivity contribution is 5.25. The Labute approximate surface area is 90.3 Å². The summed E-state index contributed by atoms with van der Waals surface area (Å²) in [5.41, 5.74) is 2.62. The largest absolute Gasteiger partial charge is 0.312 e. The lowest BCUT2D eigenvalue weighted by atomic mass is 9.93. The number of hydrogen-bond acceptors (Lipinski definition) is 3. The summed E-state index contributed by atoms with van der Waals surface area (Å²) in [6.45, 7) is 0. The van der Waals surface area contributed by atoms with Crippen LogP contribution in [0.1, 0.15) is 54.7 Å². The van der Waals surface area contributed by atoms with Gasteiger partial charge in [0.2, 0.25) is 0 Å². The Morgan fingerprint density at radius 2 is 2.20 bits per heavy atom. The molecule has 0 amide bonds. The van der Waals surface area contributed by atoms with Crippen LogP contribution in [0, 0.1) is 0 Å². The van der Waals surface area contributed by atoms with Crippen LogP contribution >= 0.6 is 0 Å². The highest BCUT2D eigenvalue weighted by Gasteiger charge is 2.29. The SMILES string of the molecule is CNC1CCCc2cnc(C3CC3)nc21. The van der Waals surface area contributed by atoms with Crippen molar-refractivity contribution < 1.29 is 0 Å². The number of aryl methyl sites for hydroxylation is 1. The predicted octanol–water partition coefficient (Wildman–Crippen LogP) is 1.95. The molecule has 15 heavy (non-hydrogen) atoms. The third-order valence-electron chi connectivity index (χ3n) is 3.48. The number of aromatic nitrogens is 2. The Bertz CT molecular complexity index is 371. The molecule has 3 nitrogen and oxygen atoms in total. The summed E-state index contributed by atoms with van der Waals surface area (Å²) < 4.78 is 0. The van der Waals surface area contributed by atoms with Gasteiger partial charge in [-0.25, -0.2) is 9.97 Å². The minimum atomic E-state index is 0.453. The van der Waals surface area contributed by atoms with E-state index in [4.69, 9.17) is 4.98 Å². The molecule has 1 unspecified atom stereocenters. The average Bonchev–Trinajstić information content (AvgIpc) is 3.11. The first-order chi connectivity index (χ1) is 7.38. The van der Waals surface area contributed by atoms with Gasteiger partial charge >= 0.3 is 0 Å². The fourth-order valence-electron chi connectivity index (χ4n) is 2.38. The van der Waals surface area contributed by atoms with Crippen LogP contribution in [-0.4, -0.2) is 17.0 Å². The number of nitrogens with zero attached hydrogens (tertiary/aromatic N) is 2. The molecule has 1 N–H and O–H groups in total. The van der Waals surface area contributed by atoms with Crippen LogP contribution in [0.15, 0.2) is 6.20 Å². The number of hydrogen-bond donors (Lipinski definition) is 1. The van der Waals surface area contributed by atoms with Gasteiger partial charge in [-0.1, -0.05) is 0 Å². The van der Waals surface area contributed by atoms with Crippen molar-refractivity contribution in [2.24, 2.45) is 0 Å². The van der Waals surface area contributed by atoms with E-state index in [1.807, 2.05) is 7.05 Å². The van der Waals surface area contributed by atoms with Crippen LogP contribution in [-0.2, 0) is 6.42 Å². The summed E-state index contributed by atoms with van der Waals surface area (Å²) in [4.78, 5) is 9.24. The van der Waals surface area contributed by atoms with Crippen LogP contribution in [0.25, 0.3) is 0 Å². The summed E-state index contributed by atoms with van der Waals surface area (Å²) in [6, 6.07) is 0.453. The molecule has 80 valence electrons. The Kier molecular flexibility index (Phi) is 2.20. The van der Waals surface area contributed by atoms with Gasteiger partial charge in [0.05, 0.1) is 5.69 Å².